The van der Waals surface area contributed by atoms with Crippen molar-refractivity contribution in [2.75, 3.05) is 4.90 Å². The van der Waals surface area contributed by atoms with E-state index in [2.05, 4.69) is 229 Å². The third kappa shape index (κ3) is 4.84. The Kier molecular flexibility index (Phi) is 7.21. The normalized spacial score (nSPS) is 13.0. The van der Waals surface area contributed by atoms with Crippen LogP contribution in [0.4, 0.5) is 17.1 Å². The van der Waals surface area contributed by atoms with E-state index in [0.717, 1.165) is 17.1 Å². The van der Waals surface area contributed by atoms with Gasteiger partial charge in [0.2, 0.25) is 0 Å². The number of hydrogen-bond acceptors (Lipinski definition) is 1. The summed E-state index contributed by atoms with van der Waals surface area (Å²) in [7, 11) is 0. The van der Waals surface area contributed by atoms with Crippen molar-refractivity contribution in [3.05, 3.63) is 247 Å². The molecular formula is C57H37N. The summed E-state index contributed by atoms with van der Waals surface area (Å²) in [5, 5.41) is 5.05. The lowest BCUT2D eigenvalue weighted by atomic mass is 9.67. The predicted octanol–water partition coefficient (Wildman–Crippen LogP) is 15.1. The van der Waals surface area contributed by atoms with Crippen LogP contribution in [0.5, 0.6) is 0 Å². The van der Waals surface area contributed by atoms with Crippen molar-refractivity contribution < 1.29 is 0 Å². The number of hydrogen-bond donors (Lipinski definition) is 0. The first kappa shape index (κ1) is 32.7. The summed E-state index contributed by atoms with van der Waals surface area (Å²) < 4.78 is 0. The SMILES string of the molecule is c1ccc(-c2ccc(N(c3ccc4c(c3)C(c3ccccc3)(c3ccccc3)c3ccccc3-4)c3ccc4cc5c(cc4c3)-c3cc4ccccc4cc3-5)cc2)cc1. The van der Waals surface area contributed by atoms with E-state index in [-0.39, 0.29) is 0 Å². The highest BCUT2D eigenvalue weighted by molar-refractivity contribution is 6.12. The van der Waals surface area contributed by atoms with Crippen molar-refractivity contribution in [2.24, 2.45) is 0 Å². The molecule has 10 aromatic carbocycles. The van der Waals surface area contributed by atoms with E-state index >= 15 is 0 Å². The average Bonchev–Trinajstić information content (AvgIpc) is 3.59. The van der Waals surface area contributed by atoms with E-state index in [1.807, 2.05) is 0 Å². The van der Waals surface area contributed by atoms with Crippen LogP contribution in [-0.2, 0) is 5.41 Å². The molecule has 0 heterocycles. The Labute approximate surface area is 338 Å². The molecule has 0 aromatic heterocycles. The topological polar surface area (TPSA) is 3.24 Å². The van der Waals surface area contributed by atoms with Crippen LogP contribution in [0.3, 0.4) is 0 Å². The van der Waals surface area contributed by atoms with Crippen molar-refractivity contribution in [3.8, 4) is 44.5 Å². The zero-order valence-corrected chi connectivity index (χ0v) is 31.8. The second kappa shape index (κ2) is 12.8. The first-order chi connectivity index (χ1) is 28.7. The number of benzene rings is 10. The summed E-state index contributed by atoms with van der Waals surface area (Å²) in [6, 6.07) is 83.1. The molecular weight excluding hydrogens is 699 g/mol. The van der Waals surface area contributed by atoms with Gasteiger partial charge in [0.15, 0.2) is 0 Å². The fourth-order valence-electron chi connectivity index (χ4n) is 9.95. The van der Waals surface area contributed by atoms with Crippen LogP contribution >= 0.6 is 0 Å². The van der Waals surface area contributed by atoms with E-state index < -0.39 is 5.41 Å². The second-order valence-electron chi connectivity index (χ2n) is 15.7. The molecule has 0 fully saturated rings. The first-order valence-electron chi connectivity index (χ1n) is 20.2. The molecule has 12 rings (SSSR count). The molecule has 0 spiro atoms. The largest absolute Gasteiger partial charge is 0.310 e. The number of anilines is 3. The molecule has 0 N–H and O–H groups in total. The summed E-state index contributed by atoms with van der Waals surface area (Å²) in [5.41, 5.74) is 18.3. The van der Waals surface area contributed by atoms with Gasteiger partial charge in [0.05, 0.1) is 5.41 Å². The van der Waals surface area contributed by atoms with Gasteiger partial charge in [-0.05, 0) is 149 Å². The predicted molar refractivity (Wildman–Crippen MR) is 243 cm³/mol. The molecule has 1 nitrogen and oxygen atoms in total. The zero-order valence-electron chi connectivity index (χ0n) is 31.8. The molecule has 0 saturated carbocycles. The lowest BCUT2D eigenvalue weighted by Gasteiger charge is -2.35. The molecule has 0 unspecified atom stereocenters. The molecule has 2 aliphatic carbocycles. The van der Waals surface area contributed by atoms with Crippen molar-refractivity contribution in [1.29, 1.82) is 0 Å². The molecule has 58 heavy (non-hydrogen) atoms. The van der Waals surface area contributed by atoms with E-state index in [1.54, 1.807) is 0 Å². The molecule has 0 bridgehead atoms. The summed E-state index contributed by atoms with van der Waals surface area (Å²) in [5.74, 6) is 0. The summed E-state index contributed by atoms with van der Waals surface area (Å²) in [6.07, 6.45) is 0. The lowest BCUT2D eigenvalue weighted by Crippen LogP contribution is -2.28. The molecule has 0 atom stereocenters. The molecule has 0 saturated heterocycles. The fraction of sp³-hybridized carbons (Fsp3) is 0.0175. The Morgan fingerprint density at radius 1 is 0.259 bits per heavy atom. The number of fused-ring (bicyclic) bond motifs is 9. The van der Waals surface area contributed by atoms with Crippen molar-refractivity contribution in [3.63, 3.8) is 0 Å². The summed E-state index contributed by atoms with van der Waals surface area (Å²) >= 11 is 0. The molecule has 10 aromatic rings. The Hall–Kier alpha value is -7.48. The van der Waals surface area contributed by atoms with Gasteiger partial charge < -0.3 is 4.90 Å². The van der Waals surface area contributed by atoms with Crippen LogP contribution < -0.4 is 4.90 Å². The van der Waals surface area contributed by atoms with Gasteiger partial charge in [-0.3, -0.25) is 0 Å². The Balaban J connectivity index is 1.06. The smallest absolute Gasteiger partial charge is 0.0714 e. The van der Waals surface area contributed by atoms with Crippen LogP contribution in [-0.4, -0.2) is 0 Å². The minimum atomic E-state index is -0.490. The van der Waals surface area contributed by atoms with Crippen LogP contribution in [0, 0.1) is 0 Å². The minimum Gasteiger partial charge on any atom is -0.310 e. The monoisotopic (exact) mass is 735 g/mol. The average molecular weight is 736 g/mol. The molecule has 0 aliphatic heterocycles. The lowest BCUT2D eigenvalue weighted by molar-refractivity contribution is 0.768. The van der Waals surface area contributed by atoms with Gasteiger partial charge in [-0.1, -0.05) is 164 Å². The van der Waals surface area contributed by atoms with Crippen molar-refractivity contribution in [1.82, 2.24) is 0 Å². The van der Waals surface area contributed by atoms with E-state index in [4.69, 9.17) is 0 Å². The molecule has 270 valence electrons. The molecule has 1 heteroatoms. The van der Waals surface area contributed by atoms with Gasteiger partial charge in [-0.25, -0.2) is 0 Å². The van der Waals surface area contributed by atoms with E-state index in [9.17, 15) is 0 Å². The third-order valence-corrected chi connectivity index (χ3v) is 12.6. The maximum Gasteiger partial charge on any atom is 0.0714 e. The molecule has 2 aliphatic rings. The van der Waals surface area contributed by atoms with Gasteiger partial charge >= 0.3 is 0 Å². The van der Waals surface area contributed by atoms with Crippen LogP contribution in [0.1, 0.15) is 22.3 Å². The van der Waals surface area contributed by atoms with Crippen LogP contribution in [0.2, 0.25) is 0 Å². The quantitative estimate of drug-likeness (QED) is 0.164. The second-order valence-corrected chi connectivity index (χ2v) is 15.7. The highest BCUT2D eigenvalue weighted by Crippen LogP contribution is 2.57. The first-order valence-corrected chi connectivity index (χ1v) is 20.2. The Morgan fingerprint density at radius 3 is 1.34 bits per heavy atom. The highest BCUT2D eigenvalue weighted by Gasteiger charge is 2.46. The zero-order chi connectivity index (χ0) is 38.2. The van der Waals surface area contributed by atoms with E-state index in [0.29, 0.717) is 0 Å². The van der Waals surface area contributed by atoms with Gasteiger partial charge in [0.1, 0.15) is 0 Å². The number of rotatable bonds is 6. The molecule has 0 amide bonds. The van der Waals surface area contributed by atoms with Gasteiger partial charge in [0.25, 0.3) is 0 Å². The standard InChI is InChI=1S/C57H37N/c1-4-14-38(15-5-1)39-24-27-46(28-25-39)58(47-29-26-42-35-53-51-33-40-16-10-11-17-41(40)34-52(51)54(53)36-43(42)32-47)48-30-31-50-49-22-12-13-23-55(49)57(56(50)37-48,44-18-6-2-7-19-44)45-20-8-3-9-21-45/h1-37H. The minimum absolute atomic E-state index is 0.490. The summed E-state index contributed by atoms with van der Waals surface area (Å²) in [6.45, 7) is 0. The highest BCUT2D eigenvalue weighted by atomic mass is 15.1. The maximum atomic E-state index is 2.46. The van der Waals surface area contributed by atoms with Crippen LogP contribution in [0.25, 0.3) is 66.1 Å². The van der Waals surface area contributed by atoms with Crippen molar-refractivity contribution >= 4 is 38.6 Å². The van der Waals surface area contributed by atoms with Crippen LogP contribution in [0.15, 0.2) is 224 Å². The third-order valence-electron chi connectivity index (χ3n) is 12.6. The Morgan fingerprint density at radius 2 is 0.707 bits per heavy atom. The number of nitrogens with zero attached hydrogens (tertiary/aromatic N) is 1. The fourth-order valence-corrected chi connectivity index (χ4v) is 9.95. The van der Waals surface area contributed by atoms with Crippen molar-refractivity contribution in [2.45, 2.75) is 5.41 Å². The van der Waals surface area contributed by atoms with Gasteiger partial charge in [-0.2, -0.15) is 0 Å². The maximum absolute atomic E-state index is 2.46. The summed E-state index contributed by atoms with van der Waals surface area (Å²) in [4.78, 5) is 2.44. The van der Waals surface area contributed by atoms with Gasteiger partial charge in [0, 0.05) is 17.1 Å². The molecule has 0 radical (unpaired) electrons. The van der Waals surface area contributed by atoms with Gasteiger partial charge in [-0.15, -0.1) is 0 Å². The Bertz CT molecular complexity index is 3160. The van der Waals surface area contributed by atoms with E-state index in [1.165, 1.54) is 88.3 Å².